The number of phenols is 2. The molecule has 0 unspecified atom stereocenters. The van der Waals surface area contributed by atoms with Crippen molar-refractivity contribution in [2.75, 3.05) is 25.5 Å². The quantitative estimate of drug-likeness (QED) is 0.595. The van der Waals surface area contributed by atoms with E-state index < -0.39 is 0 Å². The Hall–Kier alpha value is -3.19. The zero-order valence-electron chi connectivity index (χ0n) is 16.8. The van der Waals surface area contributed by atoms with Crippen LogP contribution in [0.1, 0.15) is 16.8 Å². The molecule has 3 aromatic rings. The van der Waals surface area contributed by atoms with Crippen LogP contribution in [-0.4, -0.2) is 51.9 Å². The van der Waals surface area contributed by atoms with Crippen molar-refractivity contribution in [3.8, 4) is 22.8 Å². The number of halogens is 1. The Morgan fingerprint density at radius 3 is 2.63 bits per heavy atom. The maximum Gasteiger partial charge on any atom is 0.227 e. The van der Waals surface area contributed by atoms with Gasteiger partial charge in [0.15, 0.2) is 0 Å². The summed E-state index contributed by atoms with van der Waals surface area (Å²) in [4.78, 5) is 16.7. The van der Waals surface area contributed by atoms with Gasteiger partial charge in [-0.1, -0.05) is 23.7 Å². The van der Waals surface area contributed by atoms with Crippen LogP contribution in [0.25, 0.3) is 11.3 Å². The van der Waals surface area contributed by atoms with Crippen molar-refractivity contribution in [3.63, 3.8) is 0 Å². The number of nitrogens with one attached hydrogen (secondary N) is 1. The SMILES string of the molecule is CN(C)c1ccc(CC(=O)N2CCc3[nH]nc(-c4cc(Cl)c(O)cc4O)c3C2)cc1. The lowest BCUT2D eigenvalue weighted by molar-refractivity contribution is -0.131. The lowest BCUT2D eigenvalue weighted by Crippen LogP contribution is -2.36. The largest absolute Gasteiger partial charge is 0.507 e. The van der Waals surface area contributed by atoms with Gasteiger partial charge in [0.1, 0.15) is 17.2 Å². The molecule has 8 heteroatoms. The van der Waals surface area contributed by atoms with E-state index in [1.807, 2.05) is 43.3 Å². The van der Waals surface area contributed by atoms with Crippen molar-refractivity contribution in [3.05, 3.63) is 58.2 Å². The number of fused-ring (bicyclic) bond motifs is 1. The average molecular weight is 427 g/mol. The molecular weight excluding hydrogens is 404 g/mol. The van der Waals surface area contributed by atoms with E-state index in [2.05, 4.69) is 10.2 Å². The molecule has 3 N–H and O–H groups in total. The van der Waals surface area contributed by atoms with Crippen LogP contribution in [-0.2, 0) is 24.2 Å². The first-order valence-corrected chi connectivity index (χ1v) is 10.0. The van der Waals surface area contributed by atoms with Crippen molar-refractivity contribution in [2.24, 2.45) is 0 Å². The third kappa shape index (κ3) is 3.80. The molecule has 0 radical (unpaired) electrons. The van der Waals surface area contributed by atoms with Crippen LogP contribution in [0.5, 0.6) is 11.5 Å². The molecule has 30 heavy (non-hydrogen) atoms. The first-order valence-electron chi connectivity index (χ1n) is 9.65. The molecule has 1 amide bonds. The highest BCUT2D eigenvalue weighted by atomic mass is 35.5. The molecule has 4 rings (SSSR count). The standard InChI is InChI=1S/C22H23ClN4O3/c1-26(2)14-5-3-13(4-6-14)9-21(30)27-8-7-18-16(12-27)22(25-24-18)15-10-17(23)20(29)11-19(15)28/h3-6,10-11,28-29H,7-9,12H2,1-2H3,(H,24,25). The summed E-state index contributed by atoms with van der Waals surface area (Å²) in [6, 6.07) is 10.6. The van der Waals surface area contributed by atoms with E-state index in [1.54, 1.807) is 4.90 Å². The summed E-state index contributed by atoms with van der Waals surface area (Å²) in [7, 11) is 3.96. The monoisotopic (exact) mass is 426 g/mol. The Labute approximate surface area is 179 Å². The van der Waals surface area contributed by atoms with Crippen LogP contribution < -0.4 is 4.90 Å². The molecule has 156 valence electrons. The van der Waals surface area contributed by atoms with Crippen LogP contribution in [0.3, 0.4) is 0 Å². The Bertz CT molecular complexity index is 1090. The van der Waals surface area contributed by atoms with Crippen molar-refractivity contribution in [1.29, 1.82) is 0 Å². The van der Waals surface area contributed by atoms with Gasteiger partial charge in [-0.2, -0.15) is 5.10 Å². The second-order valence-electron chi connectivity index (χ2n) is 7.65. The third-order valence-electron chi connectivity index (χ3n) is 5.41. The maximum absolute atomic E-state index is 12.9. The Morgan fingerprint density at radius 2 is 1.93 bits per heavy atom. The lowest BCUT2D eigenvalue weighted by Gasteiger charge is -2.27. The van der Waals surface area contributed by atoms with E-state index in [4.69, 9.17) is 11.6 Å². The summed E-state index contributed by atoms with van der Waals surface area (Å²) in [5, 5.41) is 27.4. The van der Waals surface area contributed by atoms with Gasteiger partial charge in [0.2, 0.25) is 5.91 Å². The maximum atomic E-state index is 12.9. The molecule has 0 fully saturated rings. The van der Waals surface area contributed by atoms with Gasteiger partial charge >= 0.3 is 0 Å². The van der Waals surface area contributed by atoms with E-state index in [-0.39, 0.29) is 22.4 Å². The van der Waals surface area contributed by atoms with Gasteiger partial charge in [0.05, 0.1) is 11.4 Å². The minimum Gasteiger partial charge on any atom is -0.507 e. The predicted octanol–water partition coefficient (Wildman–Crippen LogP) is 3.33. The average Bonchev–Trinajstić information content (AvgIpc) is 3.14. The molecule has 7 nitrogen and oxygen atoms in total. The summed E-state index contributed by atoms with van der Waals surface area (Å²) in [5.74, 6) is -0.270. The zero-order valence-corrected chi connectivity index (χ0v) is 17.6. The lowest BCUT2D eigenvalue weighted by atomic mass is 9.99. The number of hydrogen-bond acceptors (Lipinski definition) is 5. The van der Waals surface area contributed by atoms with Gasteiger partial charge in [0.25, 0.3) is 0 Å². The molecule has 1 aromatic heterocycles. The van der Waals surface area contributed by atoms with Crippen molar-refractivity contribution in [2.45, 2.75) is 19.4 Å². The van der Waals surface area contributed by atoms with E-state index in [0.29, 0.717) is 37.2 Å². The Balaban J connectivity index is 1.54. The van der Waals surface area contributed by atoms with Gasteiger partial charge < -0.3 is 20.0 Å². The number of aromatic amines is 1. The predicted molar refractivity (Wildman–Crippen MR) is 116 cm³/mol. The number of amides is 1. The highest BCUT2D eigenvalue weighted by Gasteiger charge is 2.27. The van der Waals surface area contributed by atoms with Crippen molar-refractivity contribution >= 4 is 23.2 Å². The van der Waals surface area contributed by atoms with Crippen LogP contribution in [0.2, 0.25) is 5.02 Å². The first kappa shape index (κ1) is 20.1. The summed E-state index contributed by atoms with van der Waals surface area (Å²) < 4.78 is 0. The molecule has 0 saturated heterocycles. The third-order valence-corrected chi connectivity index (χ3v) is 5.72. The van der Waals surface area contributed by atoms with E-state index in [9.17, 15) is 15.0 Å². The van der Waals surface area contributed by atoms with E-state index in [1.165, 1.54) is 12.1 Å². The zero-order chi connectivity index (χ0) is 21.4. The fourth-order valence-electron chi connectivity index (χ4n) is 3.67. The number of anilines is 1. The second-order valence-corrected chi connectivity index (χ2v) is 8.06. The number of H-pyrrole nitrogens is 1. The molecule has 0 spiro atoms. The first-order chi connectivity index (χ1) is 14.3. The van der Waals surface area contributed by atoms with Crippen LogP contribution >= 0.6 is 11.6 Å². The van der Waals surface area contributed by atoms with Crippen LogP contribution in [0.4, 0.5) is 5.69 Å². The number of aromatic hydroxyl groups is 2. The minimum atomic E-state index is -0.195. The van der Waals surface area contributed by atoms with Gasteiger partial charge in [-0.3, -0.25) is 9.89 Å². The summed E-state index contributed by atoms with van der Waals surface area (Å²) >= 11 is 6.02. The van der Waals surface area contributed by atoms with Crippen LogP contribution in [0, 0.1) is 0 Å². The van der Waals surface area contributed by atoms with Gasteiger partial charge in [0, 0.05) is 62.2 Å². The number of aromatic nitrogens is 2. The highest BCUT2D eigenvalue weighted by Crippen LogP contribution is 2.39. The highest BCUT2D eigenvalue weighted by molar-refractivity contribution is 6.32. The fourth-order valence-corrected chi connectivity index (χ4v) is 3.83. The summed E-state index contributed by atoms with van der Waals surface area (Å²) in [6.07, 6.45) is 0.979. The number of carbonyl (C=O) groups excluding carboxylic acids is 1. The fraction of sp³-hybridized carbons (Fsp3) is 0.273. The molecule has 1 aliphatic rings. The Morgan fingerprint density at radius 1 is 1.20 bits per heavy atom. The number of hydrogen-bond donors (Lipinski definition) is 3. The molecule has 0 saturated carbocycles. The van der Waals surface area contributed by atoms with Crippen molar-refractivity contribution in [1.82, 2.24) is 15.1 Å². The molecule has 0 atom stereocenters. The molecule has 1 aliphatic heterocycles. The topological polar surface area (TPSA) is 92.7 Å². The van der Waals surface area contributed by atoms with Gasteiger partial charge in [-0.15, -0.1) is 0 Å². The summed E-state index contributed by atoms with van der Waals surface area (Å²) in [5.41, 5.74) is 4.81. The normalized spacial score (nSPS) is 13.2. The number of benzene rings is 2. The number of nitrogens with zero attached hydrogens (tertiary/aromatic N) is 3. The number of phenolic OH excluding ortho intramolecular Hbond substituents is 2. The van der Waals surface area contributed by atoms with Crippen molar-refractivity contribution < 1.29 is 15.0 Å². The second kappa shape index (κ2) is 7.91. The molecule has 0 aliphatic carbocycles. The smallest absolute Gasteiger partial charge is 0.227 e. The van der Waals surface area contributed by atoms with Crippen LogP contribution in [0.15, 0.2) is 36.4 Å². The summed E-state index contributed by atoms with van der Waals surface area (Å²) in [6.45, 7) is 0.999. The Kier molecular flexibility index (Phi) is 5.30. The molecule has 2 heterocycles. The minimum absolute atomic E-state index is 0.0402. The van der Waals surface area contributed by atoms with Gasteiger partial charge in [-0.25, -0.2) is 0 Å². The number of carbonyl (C=O) groups is 1. The molecule has 0 bridgehead atoms. The number of rotatable bonds is 4. The van der Waals surface area contributed by atoms with Gasteiger partial charge in [-0.05, 0) is 23.8 Å². The van der Waals surface area contributed by atoms with E-state index >= 15 is 0 Å². The molecule has 2 aromatic carbocycles. The van der Waals surface area contributed by atoms with E-state index in [0.717, 1.165) is 22.5 Å². The molecular formula is C22H23ClN4O3.